The normalized spacial score (nSPS) is 18.0. The first kappa shape index (κ1) is 47.2. The first-order valence-electron chi connectivity index (χ1n) is 20.9. The van der Waals surface area contributed by atoms with Crippen molar-refractivity contribution in [3.05, 3.63) is 66.0 Å². The molecular weight excluding hydrogens is 742 g/mol. The number of esters is 1. The van der Waals surface area contributed by atoms with Crippen molar-refractivity contribution in [3.8, 4) is 0 Å². The number of aromatic nitrogens is 2. The number of nitrogens with zero attached hydrogens (tertiary/aromatic N) is 3. The van der Waals surface area contributed by atoms with Crippen molar-refractivity contribution in [2.24, 2.45) is 5.92 Å². The summed E-state index contributed by atoms with van der Waals surface area (Å²) in [7, 11) is -2.34. The van der Waals surface area contributed by atoms with Gasteiger partial charge in [-0.2, -0.15) is 0 Å². The molecule has 1 aromatic carbocycles. The van der Waals surface area contributed by atoms with Gasteiger partial charge in [-0.25, -0.2) is 0 Å². The molecule has 1 unspecified atom stereocenters. The van der Waals surface area contributed by atoms with Gasteiger partial charge in [0.05, 0.1) is 0 Å². The minimum atomic E-state index is -4.01. The van der Waals surface area contributed by atoms with E-state index in [2.05, 4.69) is 73.3 Å². The molecule has 12 heteroatoms. The number of benzene rings is 1. The van der Waals surface area contributed by atoms with Crippen LogP contribution in [0.3, 0.4) is 0 Å². The van der Waals surface area contributed by atoms with Gasteiger partial charge in [-0.15, -0.1) is 0 Å². The molecule has 4 atom stereocenters. The van der Waals surface area contributed by atoms with Crippen LogP contribution in [0.1, 0.15) is 129 Å². The van der Waals surface area contributed by atoms with Gasteiger partial charge < -0.3 is 0 Å². The van der Waals surface area contributed by atoms with Gasteiger partial charge in [-0.3, -0.25) is 0 Å². The van der Waals surface area contributed by atoms with Crippen LogP contribution in [0.5, 0.6) is 0 Å². The molecule has 1 aliphatic heterocycles. The predicted molar refractivity (Wildman–Crippen MR) is 231 cm³/mol. The summed E-state index contributed by atoms with van der Waals surface area (Å²) in [5, 5.41) is 4.70. The Bertz CT molecular complexity index is 1630. The fourth-order valence-corrected chi connectivity index (χ4v) is 16.3. The second kappa shape index (κ2) is 20.0. The average Bonchev–Trinajstić information content (AvgIpc) is 3.51. The third-order valence-corrected chi connectivity index (χ3v) is 22.8. The summed E-state index contributed by atoms with van der Waals surface area (Å²) >= 11 is 0. The fourth-order valence-electron chi connectivity index (χ4n) is 7.89. The molecule has 314 valence electrons. The number of Topliss-reactive ketones (excluding diaryl/α,β-unsaturated/α-hetero) is 1. The number of amides is 1. The molecule has 0 N–H and O–H groups in total. The molecule has 1 amide bonds. The molecule has 0 saturated carbocycles. The molecule has 2 aromatic rings. The molecule has 56 heavy (non-hydrogen) atoms. The van der Waals surface area contributed by atoms with Crippen LogP contribution in [0.25, 0.3) is 0 Å². The average molecular weight is 814 g/mol. The molecule has 3 rings (SSSR count). The van der Waals surface area contributed by atoms with Crippen LogP contribution in [-0.4, -0.2) is 83.1 Å². The fraction of sp³-hybridized carbons (Fsp3) is 0.659. The van der Waals surface area contributed by atoms with Crippen LogP contribution >= 0.6 is 6.98 Å². The molecule has 0 aliphatic carbocycles. The zero-order valence-corrected chi connectivity index (χ0v) is 38.3. The van der Waals surface area contributed by atoms with Crippen molar-refractivity contribution in [2.75, 3.05) is 18.5 Å². The molecule has 0 bridgehead atoms. The second-order valence-electron chi connectivity index (χ2n) is 17.4. The number of hydrogen-bond donors (Lipinski definition) is 0. The Morgan fingerprint density at radius 3 is 2.07 bits per heavy atom. The van der Waals surface area contributed by atoms with E-state index in [1.54, 1.807) is 6.08 Å². The maximum absolute atomic E-state index is 15.2. The predicted octanol–water partition coefficient (Wildman–Crippen LogP) is 10.1. The summed E-state index contributed by atoms with van der Waals surface area (Å²) in [5.41, 5.74) is 2.44. The van der Waals surface area contributed by atoms with E-state index in [0.717, 1.165) is 50.6 Å². The maximum atomic E-state index is 15.2. The summed E-state index contributed by atoms with van der Waals surface area (Å²) in [4.78, 5) is 56.4. The summed E-state index contributed by atoms with van der Waals surface area (Å²) in [5.74, 6) is -2.14. The van der Waals surface area contributed by atoms with Gasteiger partial charge in [-0.05, 0) is 0 Å². The Kier molecular flexibility index (Phi) is 16.9. The summed E-state index contributed by atoms with van der Waals surface area (Å²) in [6, 6.07) is 11.5. The zero-order valence-electron chi connectivity index (χ0n) is 36.4. The first-order valence-corrected chi connectivity index (χ1v) is 26.5. The molecule has 10 nitrogen and oxygen atoms in total. The van der Waals surface area contributed by atoms with Gasteiger partial charge in [0.25, 0.3) is 0 Å². The van der Waals surface area contributed by atoms with Crippen molar-refractivity contribution >= 4 is 38.9 Å². The van der Waals surface area contributed by atoms with Gasteiger partial charge in [0.15, 0.2) is 0 Å². The molecule has 0 spiro atoms. The number of aryl methyl sites for hydroxylation is 3. The van der Waals surface area contributed by atoms with Gasteiger partial charge in [0.1, 0.15) is 0 Å². The molecule has 2 heterocycles. The van der Waals surface area contributed by atoms with E-state index in [-0.39, 0.29) is 29.6 Å². The Labute approximate surface area is 338 Å². The van der Waals surface area contributed by atoms with Crippen molar-refractivity contribution in [1.29, 1.82) is 0 Å². The quantitative estimate of drug-likeness (QED) is 0.0257. The first-order chi connectivity index (χ1) is 26.3. The zero-order chi connectivity index (χ0) is 41.9. The Hall–Kier alpha value is -3.14. The summed E-state index contributed by atoms with van der Waals surface area (Å²) in [6.07, 6.45) is 6.99. The molecule has 1 saturated heterocycles. The SMILES string of the molecule is C=CCC(OC(C)=O)C(=O)OP(CCCC)(CCCC)(CCCC)N1C(=O)[C@H]([C@@H](C)O[Si](C)(C)C(C)(C)C)[C@H]1CC(=O)c1cc(C)n(CCc2ccccc2)n1. The van der Waals surface area contributed by atoms with Gasteiger partial charge in [-0.1, -0.05) is 6.07 Å². The van der Waals surface area contributed by atoms with Crippen molar-refractivity contribution in [2.45, 2.75) is 163 Å². The number of hydrogen-bond acceptors (Lipinski definition) is 8. The van der Waals surface area contributed by atoms with Crippen LogP contribution in [0.4, 0.5) is 0 Å². The van der Waals surface area contributed by atoms with Crippen LogP contribution < -0.4 is 0 Å². The van der Waals surface area contributed by atoms with Gasteiger partial charge >= 0.3 is 334 Å². The standard InChI is InChI=1S/C44H72N3O7PSi/c1-13-17-28-55(29-18-14-2,30-19-15-3,53-43(51)40(23-16-4)52-35(7)48)47-38(41(42(47)50)34(6)54-56(11,12)44(8,9)10)32-39(49)37-31-33(5)46(45-37)27-26-36-24-21-20-22-25-36/h16,20-22,24-25,31,34,38,40-41H,4,13-15,17-19,23,26-30,32H2,1-3,5-12H3/t34-,38-,40?,41-/m1/s1. The van der Waals surface area contributed by atoms with Crippen molar-refractivity contribution in [1.82, 2.24) is 14.5 Å². The second-order valence-corrected chi connectivity index (χ2v) is 27.3. The molecule has 0 radical (unpaired) electrons. The van der Waals surface area contributed by atoms with Gasteiger partial charge in [0, 0.05) is 0 Å². The summed E-state index contributed by atoms with van der Waals surface area (Å²) < 4.78 is 23.3. The molecule has 1 aromatic heterocycles. The molecule has 1 aliphatic rings. The minimum absolute atomic E-state index is 0.0244. The van der Waals surface area contributed by atoms with Crippen LogP contribution in [0, 0.1) is 12.8 Å². The third kappa shape index (κ3) is 11.1. The summed E-state index contributed by atoms with van der Waals surface area (Å²) in [6.45, 7) is 22.8. The van der Waals surface area contributed by atoms with E-state index < -0.39 is 51.4 Å². The number of unbranched alkanes of at least 4 members (excludes halogenated alkanes) is 3. The Morgan fingerprint density at radius 2 is 1.57 bits per heavy atom. The number of ether oxygens (including phenoxy) is 1. The Morgan fingerprint density at radius 1 is 1.00 bits per heavy atom. The van der Waals surface area contributed by atoms with E-state index in [9.17, 15) is 14.4 Å². The van der Waals surface area contributed by atoms with Gasteiger partial charge in [0.2, 0.25) is 0 Å². The third-order valence-electron chi connectivity index (χ3n) is 12.0. The number of rotatable bonds is 24. The number of carbonyl (C=O) groups is 4. The molecular formula is C44H72N3O7PSi. The van der Waals surface area contributed by atoms with Crippen LogP contribution in [0.2, 0.25) is 18.1 Å². The van der Waals surface area contributed by atoms with E-state index in [0.29, 0.717) is 30.7 Å². The van der Waals surface area contributed by atoms with Crippen LogP contribution in [-0.2, 0) is 41.0 Å². The van der Waals surface area contributed by atoms with E-state index in [4.69, 9.17) is 18.8 Å². The number of β-lactam (4-membered cyclic amide) rings is 1. The van der Waals surface area contributed by atoms with E-state index in [1.807, 2.05) is 47.5 Å². The van der Waals surface area contributed by atoms with E-state index >= 15 is 4.79 Å². The van der Waals surface area contributed by atoms with Crippen molar-refractivity contribution in [3.63, 3.8) is 0 Å². The van der Waals surface area contributed by atoms with Crippen LogP contribution in [0.15, 0.2) is 49.1 Å². The topological polar surface area (TPSA) is 117 Å². The Balaban J connectivity index is 2.21. The number of carbonyl (C=O) groups excluding carboxylic acids is 4. The molecule has 1 fully saturated rings. The van der Waals surface area contributed by atoms with E-state index in [1.165, 1.54) is 12.5 Å². The van der Waals surface area contributed by atoms with Crippen molar-refractivity contribution < 1.29 is 32.9 Å². The monoisotopic (exact) mass is 813 g/mol. The number of ketones is 1.